The first-order chi connectivity index (χ1) is 30.2. The highest BCUT2D eigenvalue weighted by molar-refractivity contribution is 5.98. The third-order valence-corrected chi connectivity index (χ3v) is 16.3. The van der Waals surface area contributed by atoms with E-state index in [1.807, 2.05) is 0 Å². The number of benzene rings is 5. The van der Waals surface area contributed by atoms with Gasteiger partial charge in [-0.05, 0) is 117 Å². The summed E-state index contributed by atoms with van der Waals surface area (Å²) in [6.07, 6.45) is 25.5. The zero-order chi connectivity index (χ0) is 40.1. The van der Waals surface area contributed by atoms with Crippen molar-refractivity contribution in [3.63, 3.8) is 0 Å². The number of hydrogen-bond acceptors (Lipinski definition) is 3. The molecule has 3 nitrogen and oxygen atoms in total. The molecule has 0 radical (unpaired) electrons. The average molecular weight is 795 g/mol. The van der Waals surface area contributed by atoms with Gasteiger partial charge in [-0.2, -0.15) is 0 Å². The molecule has 4 unspecified atom stereocenters. The Morgan fingerprint density at radius 2 is 1.26 bits per heavy atom. The molecule has 6 aliphatic carbocycles. The van der Waals surface area contributed by atoms with Gasteiger partial charge in [0.25, 0.3) is 0 Å². The van der Waals surface area contributed by atoms with Gasteiger partial charge in [0.05, 0.1) is 6.04 Å². The Kier molecular flexibility index (Phi) is 8.24. The van der Waals surface area contributed by atoms with Crippen LogP contribution in [0.15, 0.2) is 143 Å². The second kappa shape index (κ2) is 13.9. The van der Waals surface area contributed by atoms with Crippen LogP contribution in [0, 0.1) is 5.92 Å². The first-order valence-corrected chi connectivity index (χ1v) is 23.5. The molecule has 2 spiro atoms. The van der Waals surface area contributed by atoms with E-state index in [1.165, 1.54) is 114 Å². The summed E-state index contributed by atoms with van der Waals surface area (Å²) in [6, 6.07) is 46.3. The lowest BCUT2D eigenvalue weighted by molar-refractivity contribution is 0.232. The maximum absolute atomic E-state index is 6.48. The van der Waals surface area contributed by atoms with Crippen LogP contribution in [0.3, 0.4) is 0 Å². The lowest BCUT2D eigenvalue weighted by atomic mass is 9.61. The number of hydrogen-bond donors (Lipinski definition) is 2. The van der Waals surface area contributed by atoms with Crippen molar-refractivity contribution < 1.29 is 4.42 Å². The van der Waals surface area contributed by atoms with E-state index in [9.17, 15) is 0 Å². The fraction of sp³-hybridized carbons (Fsp3) is 0.310. The van der Waals surface area contributed by atoms with Gasteiger partial charge >= 0.3 is 0 Å². The van der Waals surface area contributed by atoms with Crippen molar-refractivity contribution in [3.8, 4) is 22.3 Å². The molecule has 0 amide bonds. The van der Waals surface area contributed by atoms with Gasteiger partial charge in [0.15, 0.2) is 0 Å². The minimum absolute atomic E-state index is 0.0394. The molecule has 6 aromatic rings. The van der Waals surface area contributed by atoms with E-state index in [2.05, 4.69) is 156 Å². The SMILES string of the molecule is C1=C2C(=CC3c4ccccc4C4(CCCCC4)C13)C1(CCCCC1)c1cccc(-c3ccc(-c4ccc(C5Nc6oc7c(c6C(c6ccccc6)N5)=CCCC=7)cc4)cc3)c12. The number of fused-ring (bicyclic) bond motifs is 13. The van der Waals surface area contributed by atoms with Crippen LogP contribution in [0.25, 0.3) is 40.0 Å². The van der Waals surface area contributed by atoms with Crippen LogP contribution < -0.4 is 21.3 Å². The molecule has 0 saturated heterocycles. The number of anilines is 1. The third kappa shape index (κ3) is 5.38. The van der Waals surface area contributed by atoms with Crippen molar-refractivity contribution in [3.05, 3.63) is 189 Å². The predicted molar refractivity (Wildman–Crippen MR) is 249 cm³/mol. The maximum atomic E-state index is 6.48. The number of nitrogens with one attached hydrogen (secondary N) is 2. The Balaban J connectivity index is 0.838. The normalized spacial score (nSPS) is 24.7. The van der Waals surface area contributed by atoms with Crippen molar-refractivity contribution in [1.29, 1.82) is 0 Å². The zero-order valence-corrected chi connectivity index (χ0v) is 35.1. The molecular formula is C58H54N2O. The van der Waals surface area contributed by atoms with Crippen LogP contribution in [0.1, 0.15) is 134 Å². The predicted octanol–water partition coefficient (Wildman–Crippen LogP) is 12.9. The standard InChI is InChI=1S/C58H54N2O/c1-4-15-40(16-5-1)54-53-44-18-7-9-22-51(44)61-56(53)60-55(59-54)41-29-25-38(26-30-41)37-23-27-39(28-24-37)42-19-14-21-48-52(42)46-36-49-45(35-50(46)58(48)33-12-3-13-34-58)43-17-6-8-20-47(43)57(49)31-10-2-11-32-57/h1,4-6,8,14-30,35-36,45,49,54-55,59-60H,2-3,7,9-13,31-34H2. The Labute approximate surface area is 360 Å². The molecule has 1 aliphatic heterocycles. The second-order valence-corrected chi connectivity index (χ2v) is 19.3. The van der Waals surface area contributed by atoms with Crippen LogP contribution in [0.5, 0.6) is 0 Å². The Morgan fingerprint density at radius 3 is 2.07 bits per heavy atom. The minimum Gasteiger partial charge on any atom is -0.441 e. The van der Waals surface area contributed by atoms with Crippen LogP contribution in [-0.4, -0.2) is 0 Å². The van der Waals surface area contributed by atoms with Crippen LogP contribution in [0.4, 0.5) is 5.88 Å². The molecular weight excluding hydrogens is 741 g/mol. The first kappa shape index (κ1) is 36.1. The summed E-state index contributed by atoms with van der Waals surface area (Å²) in [4.78, 5) is 0. The third-order valence-electron chi connectivity index (χ3n) is 16.3. The fourth-order valence-electron chi connectivity index (χ4n) is 13.6. The van der Waals surface area contributed by atoms with Gasteiger partial charge in [-0.1, -0.05) is 178 Å². The Hall–Kier alpha value is -5.64. The van der Waals surface area contributed by atoms with Gasteiger partial charge in [-0.3, -0.25) is 5.32 Å². The number of rotatable bonds is 4. The highest BCUT2D eigenvalue weighted by Gasteiger charge is 2.55. The monoisotopic (exact) mass is 794 g/mol. The quantitative estimate of drug-likeness (QED) is 0.187. The van der Waals surface area contributed by atoms with E-state index in [0.717, 1.165) is 24.1 Å². The van der Waals surface area contributed by atoms with Crippen LogP contribution >= 0.6 is 0 Å². The van der Waals surface area contributed by atoms with E-state index < -0.39 is 0 Å². The summed E-state index contributed by atoms with van der Waals surface area (Å²) < 4.78 is 6.48. The molecule has 2 saturated carbocycles. The Morgan fingerprint density at radius 1 is 0.574 bits per heavy atom. The van der Waals surface area contributed by atoms with Gasteiger partial charge in [0, 0.05) is 27.5 Å². The summed E-state index contributed by atoms with van der Waals surface area (Å²) in [5.74, 6) is 1.92. The lowest BCUT2D eigenvalue weighted by Crippen LogP contribution is -2.40. The van der Waals surface area contributed by atoms with E-state index >= 15 is 0 Å². The molecule has 7 aliphatic rings. The summed E-state index contributed by atoms with van der Waals surface area (Å²) in [7, 11) is 0. The van der Waals surface area contributed by atoms with Crippen molar-refractivity contribution >= 4 is 23.6 Å². The zero-order valence-electron chi connectivity index (χ0n) is 35.1. The fourth-order valence-corrected chi connectivity index (χ4v) is 13.6. The van der Waals surface area contributed by atoms with Crippen LogP contribution in [0.2, 0.25) is 0 Å². The van der Waals surface area contributed by atoms with Crippen molar-refractivity contribution in [1.82, 2.24) is 5.32 Å². The van der Waals surface area contributed by atoms with E-state index in [-0.39, 0.29) is 23.0 Å². The second-order valence-electron chi connectivity index (χ2n) is 19.3. The molecule has 0 bridgehead atoms. The first-order valence-electron chi connectivity index (χ1n) is 23.5. The van der Waals surface area contributed by atoms with Gasteiger partial charge in [-0.15, -0.1) is 0 Å². The van der Waals surface area contributed by atoms with Crippen molar-refractivity contribution in [2.24, 2.45) is 5.92 Å². The molecule has 4 atom stereocenters. The number of furan rings is 1. The molecule has 2 heterocycles. The van der Waals surface area contributed by atoms with Gasteiger partial charge < -0.3 is 9.73 Å². The van der Waals surface area contributed by atoms with Gasteiger partial charge in [0.1, 0.15) is 11.6 Å². The van der Waals surface area contributed by atoms with Crippen LogP contribution in [-0.2, 0) is 10.8 Å². The molecule has 1 aromatic heterocycles. The highest BCUT2D eigenvalue weighted by atomic mass is 16.3. The molecule has 13 rings (SSSR count). The average Bonchev–Trinajstić information content (AvgIpc) is 3.93. The van der Waals surface area contributed by atoms with Gasteiger partial charge in [-0.25, -0.2) is 0 Å². The molecule has 5 aromatic carbocycles. The molecule has 2 fully saturated rings. The van der Waals surface area contributed by atoms with E-state index in [1.54, 1.807) is 27.8 Å². The van der Waals surface area contributed by atoms with E-state index in [0.29, 0.717) is 11.8 Å². The van der Waals surface area contributed by atoms with Gasteiger partial charge in [0.2, 0.25) is 5.88 Å². The smallest absolute Gasteiger partial charge is 0.200 e. The Bertz CT molecular complexity index is 2880. The molecule has 302 valence electrons. The molecule has 2 N–H and O–H groups in total. The summed E-state index contributed by atoms with van der Waals surface area (Å²) in [5.41, 5.74) is 19.9. The summed E-state index contributed by atoms with van der Waals surface area (Å²) in [5, 5.41) is 8.90. The molecule has 3 heteroatoms. The molecule has 61 heavy (non-hydrogen) atoms. The largest absolute Gasteiger partial charge is 0.441 e. The minimum atomic E-state index is -0.0796. The summed E-state index contributed by atoms with van der Waals surface area (Å²) in [6.45, 7) is 0. The topological polar surface area (TPSA) is 37.2 Å². The summed E-state index contributed by atoms with van der Waals surface area (Å²) >= 11 is 0. The van der Waals surface area contributed by atoms with Crippen molar-refractivity contribution in [2.45, 2.75) is 106 Å². The highest BCUT2D eigenvalue weighted by Crippen LogP contribution is 2.66. The number of allylic oxidation sites excluding steroid dienone is 4. The maximum Gasteiger partial charge on any atom is 0.200 e. The van der Waals surface area contributed by atoms with E-state index in [4.69, 9.17) is 4.42 Å². The lowest BCUT2D eigenvalue weighted by Gasteiger charge is -2.43. The van der Waals surface area contributed by atoms with Crippen molar-refractivity contribution in [2.75, 3.05) is 5.32 Å².